The lowest BCUT2D eigenvalue weighted by atomic mass is 10.0. The Balaban J connectivity index is 3.27. The Morgan fingerprint density at radius 1 is 1.29 bits per heavy atom. The molecule has 0 aromatic heterocycles. The van der Waals surface area contributed by atoms with Gasteiger partial charge in [0.15, 0.2) is 0 Å². The highest BCUT2D eigenvalue weighted by atomic mass is 19.4. The molecule has 0 spiro atoms. The molecule has 1 rings (SSSR count). The standard InChI is InChI=1S/C12H13F3N2/c1-2-17-8-10(11(16)12(13,14)15)9-6-4-3-5-7-9/h3-8H,2,16H2,1H3. The van der Waals surface area contributed by atoms with Crippen molar-refractivity contribution in [3.8, 4) is 0 Å². The second kappa shape index (κ2) is 5.52. The molecule has 0 aliphatic rings. The van der Waals surface area contributed by atoms with Gasteiger partial charge >= 0.3 is 6.18 Å². The fraction of sp³-hybridized carbons (Fsp3) is 0.250. The van der Waals surface area contributed by atoms with Gasteiger partial charge in [-0.2, -0.15) is 13.2 Å². The summed E-state index contributed by atoms with van der Waals surface area (Å²) in [6.07, 6.45) is -3.39. The molecule has 0 amide bonds. The topological polar surface area (TPSA) is 38.4 Å². The zero-order valence-corrected chi connectivity index (χ0v) is 9.33. The number of hydrogen-bond acceptors (Lipinski definition) is 2. The molecule has 0 saturated heterocycles. The van der Waals surface area contributed by atoms with Gasteiger partial charge in [0.05, 0.1) is 0 Å². The first-order valence-corrected chi connectivity index (χ1v) is 5.09. The molecule has 0 aliphatic carbocycles. The summed E-state index contributed by atoms with van der Waals surface area (Å²) in [4.78, 5) is 3.82. The highest BCUT2D eigenvalue weighted by Gasteiger charge is 2.34. The number of allylic oxidation sites excluding steroid dienone is 2. The Kier molecular flexibility index (Phi) is 4.31. The van der Waals surface area contributed by atoms with E-state index in [1.54, 1.807) is 37.3 Å². The van der Waals surface area contributed by atoms with Gasteiger partial charge < -0.3 is 5.73 Å². The molecule has 0 saturated carbocycles. The van der Waals surface area contributed by atoms with Gasteiger partial charge in [0, 0.05) is 18.3 Å². The molecular formula is C12H13F3N2. The highest BCUT2D eigenvalue weighted by molar-refractivity contribution is 6.11. The van der Waals surface area contributed by atoms with E-state index >= 15 is 0 Å². The number of rotatable bonds is 3. The fourth-order valence-corrected chi connectivity index (χ4v) is 1.25. The summed E-state index contributed by atoms with van der Waals surface area (Å²) in [5.74, 6) is 0. The molecule has 17 heavy (non-hydrogen) atoms. The zero-order chi connectivity index (χ0) is 12.9. The molecule has 0 fully saturated rings. The van der Waals surface area contributed by atoms with E-state index in [1.165, 1.54) is 0 Å². The molecule has 1 aromatic rings. The Labute approximate surface area is 97.7 Å². The van der Waals surface area contributed by atoms with Crippen LogP contribution in [0.1, 0.15) is 12.5 Å². The molecule has 92 valence electrons. The first-order chi connectivity index (χ1) is 7.96. The number of halogens is 3. The maximum absolute atomic E-state index is 12.6. The van der Waals surface area contributed by atoms with Gasteiger partial charge in [0.2, 0.25) is 0 Å². The van der Waals surface area contributed by atoms with Crippen LogP contribution in [0, 0.1) is 0 Å². The van der Waals surface area contributed by atoms with Gasteiger partial charge in [-0.1, -0.05) is 30.3 Å². The number of hydrogen-bond donors (Lipinski definition) is 1. The highest BCUT2D eigenvalue weighted by Crippen LogP contribution is 2.27. The van der Waals surface area contributed by atoms with Gasteiger partial charge in [0.1, 0.15) is 5.70 Å². The van der Waals surface area contributed by atoms with Crippen LogP contribution in [0.2, 0.25) is 0 Å². The van der Waals surface area contributed by atoms with E-state index in [9.17, 15) is 13.2 Å². The van der Waals surface area contributed by atoms with Crippen LogP contribution < -0.4 is 5.73 Å². The van der Waals surface area contributed by atoms with Crippen LogP contribution in [-0.4, -0.2) is 18.9 Å². The van der Waals surface area contributed by atoms with Crippen LogP contribution in [0.5, 0.6) is 0 Å². The second-order valence-electron chi connectivity index (χ2n) is 3.32. The molecule has 0 bridgehead atoms. The molecule has 0 radical (unpaired) electrons. The minimum absolute atomic E-state index is 0.0973. The summed E-state index contributed by atoms with van der Waals surface area (Å²) < 4.78 is 37.7. The Hall–Kier alpha value is -1.78. The van der Waals surface area contributed by atoms with Gasteiger partial charge in [-0.25, -0.2) is 0 Å². The number of nitrogens with zero attached hydrogens (tertiary/aromatic N) is 1. The van der Waals surface area contributed by atoms with Gasteiger partial charge in [-0.15, -0.1) is 0 Å². The van der Waals surface area contributed by atoms with Gasteiger partial charge in [-0.05, 0) is 12.5 Å². The van der Waals surface area contributed by atoms with Crippen molar-refractivity contribution in [2.24, 2.45) is 10.7 Å². The van der Waals surface area contributed by atoms with Crippen molar-refractivity contribution in [1.29, 1.82) is 0 Å². The number of nitrogens with two attached hydrogens (primary N) is 1. The lowest BCUT2D eigenvalue weighted by molar-refractivity contribution is -0.0918. The van der Waals surface area contributed by atoms with E-state index in [0.717, 1.165) is 6.21 Å². The van der Waals surface area contributed by atoms with E-state index in [-0.39, 0.29) is 5.57 Å². The predicted octanol–water partition coefficient (Wildman–Crippen LogP) is 3.01. The van der Waals surface area contributed by atoms with Crippen LogP contribution in [0.4, 0.5) is 13.2 Å². The number of benzene rings is 1. The minimum Gasteiger partial charge on any atom is -0.394 e. The van der Waals surface area contributed by atoms with E-state index < -0.39 is 11.9 Å². The fourth-order valence-electron chi connectivity index (χ4n) is 1.25. The lowest BCUT2D eigenvalue weighted by Crippen LogP contribution is -2.21. The lowest BCUT2D eigenvalue weighted by Gasteiger charge is -2.11. The number of aliphatic imine (C=N–C) groups is 1. The molecule has 2 N–H and O–H groups in total. The van der Waals surface area contributed by atoms with Crippen molar-refractivity contribution in [3.05, 3.63) is 41.6 Å². The van der Waals surface area contributed by atoms with Crippen LogP contribution in [-0.2, 0) is 0 Å². The molecule has 0 heterocycles. The van der Waals surface area contributed by atoms with Crippen LogP contribution in [0.3, 0.4) is 0 Å². The monoisotopic (exact) mass is 242 g/mol. The third-order valence-electron chi connectivity index (χ3n) is 2.08. The van der Waals surface area contributed by atoms with Crippen molar-refractivity contribution >= 4 is 11.8 Å². The van der Waals surface area contributed by atoms with E-state index in [1.807, 2.05) is 0 Å². The molecule has 0 unspecified atom stereocenters. The summed E-state index contributed by atoms with van der Waals surface area (Å²) in [7, 11) is 0. The third-order valence-corrected chi connectivity index (χ3v) is 2.08. The van der Waals surface area contributed by atoms with Crippen molar-refractivity contribution in [3.63, 3.8) is 0 Å². The average Bonchev–Trinajstić information content (AvgIpc) is 2.29. The van der Waals surface area contributed by atoms with Crippen LogP contribution >= 0.6 is 0 Å². The van der Waals surface area contributed by atoms with Crippen molar-refractivity contribution in [2.45, 2.75) is 13.1 Å². The van der Waals surface area contributed by atoms with Crippen molar-refractivity contribution < 1.29 is 13.2 Å². The van der Waals surface area contributed by atoms with Gasteiger partial charge in [-0.3, -0.25) is 4.99 Å². The summed E-state index contributed by atoms with van der Waals surface area (Å²) in [5.41, 5.74) is 4.31. The maximum atomic E-state index is 12.6. The van der Waals surface area contributed by atoms with Crippen LogP contribution in [0.25, 0.3) is 5.57 Å². The Morgan fingerprint density at radius 2 is 1.88 bits per heavy atom. The molecule has 2 nitrogen and oxygen atoms in total. The summed E-state index contributed by atoms with van der Waals surface area (Å²) in [6, 6.07) is 8.16. The Morgan fingerprint density at radius 3 is 2.35 bits per heavy atom. The normalized spacial score (nSPS) is 13.9. The first kappa shape index (κ1) is 13.3. The summed E-state index contributed by atoms with van der Waals surface area (Å²) in [6.45, 7) is 2.14. The molecular weight excluding hydrogens is 229 g/mol. The quantitative estimate of drug-likeness (QED) is 0.813. The Bertz CT molecular complexity index is 419. The van der Waals surface area contributed by atoms with Gasteiger partial charge in [0.25, 0.3) is 0 Å². The number of alkyl halides is 3. The largest absolute Gasteiger partial charge is 0.431 e. The summed E-state index contributed by atoms with van der Waals surface area (Å²) in [5, 5.41) is 0. The summed E-state index contributed by atoms with van der Waals surface area (Å²) >= 11 is 0. The van der Waals surface area contributed by atoms with Crippen molar-refractivity contribution in [1.82, 2.24) is 0 Å². The molecule has 0 aliphatic heterocycles. The molecule has 1 aromatic carbocycles. The third kappa shape index (κ3) is 3.62. The SMILES string of the molecule is CCN=CC(=C(N)C(F)(F)F)c1ccccc1. The van der Waals surface area contributed by atoms with Crippen molar-refractivity contribution in [2.75, 3.05) is 6.54 Å². The molecule has 0 atom stereocenters. The molecule has 5 heteroatoms. The predicted molar refractivity (Wildman–Crippen MR) is 62.6 cm³/mol. The smallest absolute Gasteiger partial charge is 0.394 e. The van der Waals surface area contributed by atoms with E-state index in [2.05, 4.69) is 4.99 Å². The van der Waals surface area contributed by atoms with Crippen LogP contribution in [0.15, 0.2) is 41.0 Å². The van der Waals surface area contributed by atoms with E-state index in [0.29, 0.717) is 12.1 Å². The maximum Gasteiger partial charge on any atom is 0.431 e. The second-order valence-corrected chi connectivity index (χ2v) is 3.32. The average molecular weight is 242 g/mol. The zero-order valence-electron chi connectivity index (χ0n) is 9.33. The minimum atomic E-state index is -4.55. The van der Waals surface area contributed by atoms with E-state index in [4.69, 9.17) is 5.73 Å². The first-order valence-electron chi connectivity index (χ1n) is 5.09.